The van der Waals surface area contributed by atoms with Crippen LogP contribution < -0.4 is 10.6 Å². The molecule has 0 amide bonds. The zero-order valence-corrected chi connectivity index (χ0v) is 16.4. The van der Waals surface area contributed by atoms with Crippen molar-refractivity contribution < 1.29 is 4.52 Å². The van der Waals surface area contributed by atoms with Crippen molar-refractivity contribution in [3.63, 3.8) is 0 Å². The number of aryl methyl sites for hydroxylation is 1. The first-order valence-electron chi connectivity index (χ1n) is 9.11. The molecule has 0 aliphatic rings. The molecule has 6 nitrogen and oxygen atoms in total. The fourth-order valence-corrected chi connectivity index (χ4v) is 3.36. The van der Waals surface area contributed by atoms with Crippen LogP contribution in [0.25, 0.3) is 0 Å². The van der Waals surface area contributed by atoms with Gasteiger partial charge in [0.25, 0.3) is 0 Å². The Balaban J connectivity index is 1.94. The van der Waals surface area contributed by atoms with Gasteiger partial charge < -0.3 is 15.2 Å². The summed E-state index contributed by atoms with van der Waals surface area (Å²) in [4.78, 5) is 10.3. The van der Waals surface area contributed by atoms with Crippen LogP contribution in [0.3, 0.4) is 0 Å². The Bertz CT molecular complexity index is 660. The Morgan fingerprint density at radius 3 is 2.68 bits per heavy atom. The number of hydrogen-bond donors (Lipinski definition) is 2. The maximum Gasteiger partial charge on any atom is 0.192 e. The van der Waals surface area contributed by atoms with Crippen molar-refractivity contribution in [1.82, 2.24) is 20.8 Å². The van der Waals surface area contributed by atoms with E-state index in [0.29, 0.717) is 19.0 Å². The van der Waals surface area contributed by atoms with Crippen LogP contribution in [0.4, 0.5) is 0 Å². The highest BCUT2D eigenvalue weighted by Crippen LogP contribution is 2.22. The average molecular weight is 364 g/mol. The molecule has 0 saturated heterocycles. The van der Waals surface area contributed by atoms with Crippen molar-refractivity contribution in [3.8, 4) is 0 Å². The van der Waals surface area contributed by atoms with Gasteiger partial charge >= 0.3 is 0 Å². The van der Waals surface area contributed by atoms with Gasteiger partial charge in [-0.05, 0) is 26.2 Å². The van der Waals surface area contributed by atoms with E-state index in [-0.39, 0.29) is 0 Å². The van der Waals surface area contributed by atoms with Crippen molar-refractivity contribution in [2.75, 3.05) is 6.54 Å². The lowest BCUT2D eigenvalue weighted by molar-refractivity contribution is 0.372. The van der Waals surface area contributed by atoms with Gasteiger partial charge in [0.05, 0.1) is 12.2 Å². The van der Waals surface area contributed by atoms with Crippen LogP contribution in [-0.2, 0) is 19.5 Å². The summed E-state index contributed by atoms with van der Waals surface area (Å²) < 4.78 is 5.44. The van der Waals surface area contributed by atoms with Gasteiger partial charge in [-0.15, -0.1) is 11.3 Å². The summed E-state index contributed by atoms with van der Waals surface area (Å²) in [5.41, 5.74) is 1.03. The largest absolute Gasteiger partial charge is 0.359 e. The predicted octanol–water partition coefficient (Wildman–Crippen LogP) is 3.85. The Morgan fingerprint density at radius 1 is 1.24 bits per heavy atom. The number of thiazole rings is 1. The molecule has 0 aliphatic carbocycles. The molecule has 7 heteroatoms. The normalized spacial score (nSPS) is 12.0. The Labute approximate surface area is 154 Å². The van der Waals surface area contributed by atoms with Gasteiger partial charge in [-0.2, -0.15) is 0 Å². The van der Waals surface area contributed by atoms with Crippen LogP contribution in [0.15, 0.2) is 21.8 Å². The standard InChI is InChI=1S/C18H29N5OS/c1-5-13(6-2)16-9-14(24-23-16)10-21-18(19-8-4)22-12-17-20-11-15(7-3)25-17/h9,11,13H,5-8,10,12H2,1-4H3,(H2,19,21,22). The van der Waals surface area contributed by atoms with Crippen molar-refractivity contribution in [3.05, 3.63) is 33.6 Å². The zero-order valence-electron chi connectivity index (χ0n) is 15.6. The molecule has 2 heterocycles. The van der Waals surface area contributed by atoms with E-state index in [9.17, 15) is 0 Å². The van der Waals surface area contributed by atoms with E-state index in [2.05, 4.69) is 53.5 Å². The third kappa shape index (κ3) is 5.85. The van der Waals surface area contributed by atoms with Crippen molar-refractivity contribution in [2.24, 2.45) is 4.99 Å². The number of aliphatic imine (C=N–C) groups is 1. The van der Waals surface area contributed by atoms with Crippen LogP contribution in [0.5, 0.6) is 0 Å². The number of nitrogens with one attached hydrogen (secondary N) is 2. The van der Waals surface area contributed by atoms with Gasteiger partial charge in [0.1, 0.15) is 11.6 Å². The molecule has 0 aromatic carbocycles. The number of hydrogen-bond acceptors (Lipinski definition) is 5. The van der Waals surface area contributed by atoms with Crippen molar-refractivity contribution in [2.45, 2.75) is 66.0 Å². The number of nitrogens with zero attached hydrogens (tertiary/aromatic N) is 3. The average Bonchev–Trinajstić information content (AvgIpc) is 3.28. The molecule has 0 atom stereocenters. The van der Waals surface area contributed by atoms with Gasteiger partial charge in [0.2, 0.25) is 0 Å². The van der Waals surface area contributed by atoms with Crippen molar-refractivity contribution >= 4 is 17.3 Å². The maximum atomic E-state index is 5.44. The Kier molecular flexibility index (Phi) is 7.91. The molecular formula is C18H29N5OS. The molecule has 0 spiro atoms. The highest BCUT2D eigenvalue weighted by molar-refractivity contribution is 7.11. The molecule has 0 fully saturated rings. The fourth-order valence-electron chi connectivity index (χ4n) is 2.55. The quantitative estimate of drug-likeness (QED) is 0.523. The molecule has 2 N–H and O–H groups in total. The molecule has 2 aromatic heterocycles. The van der Waals surface area contributed by atoms with Gasteiger partial charge in [-0.3, -0.25) is 0 Å². The molecule has 0 radical (unpaired) electrons. The summed E-state index contributed by atoms with van der Waals surface area (Å²) in [6.45, 7) is 10.5. The monoisotopic (exact) mass is 363 g/mol. The second kappa shape index (κ2) is 10.2. The molecule has 138 valence electrons. The Morgan fingerprint density at radius 2 is 2.04 bits per heavy atom. The third-order valence-corrected chi connectivity index (χ3v) is 5.22. The van der Waals surface area contributed by atoms with Crippen LogP contribution in [0, 0.1) is 0 Å². The molecule has 25 heavy (non-hydrogen) atoms. The van der Waals surface area contributed by atoms with Gasteiger partial charge in [0, 0.05) is 29.6 Å². The van der Waals surface area contributed by atoms with E-state index in [1.807, 2.05) is 12.3 Å². The minimum absolute atomic E-state index is 0.463. The zero-order chi connectivity index (χ0) is 18.1. The third-order valence-electron chi connectivity index (χ3n) is 4.08. The minimum atomic E-state index is 0.463. The number of rotatable bonds is 9. The number of aromatic nitrogens is 2. The first-order chi connectivity index (χ1) is 12.2. The van der Waals surface area contributed by atoms with E-state index >= 15 is 0 Å². The van der Waals surface area contributed by atoms with E-state index in [1.54, 1.807) is 11.3 Å². The minimum Gasteiger partial charge on any atom is -0.359 e. The summed E-state index contributed by atoms with van der Waals surface area (Å²) in [5.74, 6) is 2.02. The summed E-state index contributed by atoms with van der Waals surface area (Å²) in [6, 6.07) is 2.03. The van der Waals surface area contributed by atoms with E-state index in [1.165, 1.54) is 4.88 Å². The maximum absolute atomic E-state index is 5.44. The second-order valence-electron chi connectivity index (χ2n) is 5.85. The summed E-state index contributed by atoms with van der Waals surface area (Å²) in [7, 11) is 0. The highest BCUT2D eigenvalue weighted by Gasteiger charge is 2.12. The second-order valence-corrected chi connectivity index (χ2v) is 7.05. The molecule has 0 aliphatic heterocycles. The summed E-state index contributed by atoms with van der Waals surface area (Å²) in [5, 5.41) is 11.8. The molecule has 2 rings (SSSR count). The molecule has 0 unspecified atom stereocenters. The van der Waals surface area contributed by atoms with Crippen LogP contribution in [0.1, 0.15) is 67.8 Å². The van der Waals surface area contributed by atoms with Gasteiger partial charge in [-0.1, -0.05) is 25.9 Å². The van der Waals surface area contributed by atoms with Gasteiger partial charge in [-0.25, -0.2) is 9.98 Å². The summed E-state index contributed by atoms with van der Waals surface area (Å²) >= 11 is 1.73. The SMILES string of the molecule is CCNC(=NCc1cc(C(CC)CC)no1)NCc1ncc(CC)s1. The molecule has 2 aromatic rings. The lowest BCUT2D eigenvalue weighted by Crippen LogP contribution is -2.36. The molecule has 0 saturated carbocycles. The topological polar surface area (TPSA) is 75.3 Å². The van der Waals surface area contributed by atoms with E-state index < -0.39 is 0 Å². The molecular weight excluding hydrogens is 334 g/mol. The first kappa shape index (κ1) is 19.4. The van der Waals surface area contributed by atoms with Crippen LogP contribution in [0.2, 0.25) is 0 Å². The van der Waals surface area contributed by atoms with Crippen molar-refractivity contribution in [1.29, 1.82) is 0 Å². The lowest BCUT2D eigenvalue weighted by Gasteiger charge is -2.09. The highest BCUT2D eigenvalue weighted by atomic mass is 32.1. The van der Waals surface area contributed by atoms with Crippen LogP contribution >= 0.6 is 11.3 Å². The Hall–Kier alpha value is -1.89. The summed E-state index contributed by atoms with van der Waals surface area (Å²) in [6.07, 6.45) is 5.11. The molecule has 0 bridgehead atoms. The van der Waals surface area contributed by atoms with E-state index in [0.717, 1.165) is 48.2 Å². The van der Waals surface area contributed by atoms with E-state index in [4.69, 9.17) is 4.52 Å². The first-order valence-corrected chi connectivity index (χ1v) is 9.92. The van der Waals surface area contributed by atoms with Crippen LogP contribution in [-0.4, -0.2) is 22.6 Å². The fraction of sp³-hybridized carbons (Fsp3) is 0.611. The smallest absolute Gasteiger partial charge is 0.192 e. The predicted molar refractivity (Wildman–Crippen MR) is 103 cm³/mol. The van der Waals surface area contributed by atoms with Gasteiger partial charge in [0.15, 0.2) is 11.7 Å². The number of guanidine groups is 1. The lowest BCUT2D eigenvalue weighted by atomic mass is 9.99.